The first kappa shape index (κ1) is 13.6. The lowest BCUT2D eigenvalue weighted by molar-refractivity contribution is 0.101. The van der Waals surface area contributed by atoms with Gasteiger partial charge in [0.2, 0.25) is 11.5 Å². The zero-order chi connectivity index (χ0) is 15.0. The van der Waals surface area contributed by atoms with Gasteiger partial charge in [0, 0.05) is 4.88 Å². The van der Waals surface area contributed by atoms with Crippen molar-refractivity contribution in [3.63, 3.8) is 0 Å². The molecule has 0 fully saturated rings. The fraction of sp³-hybridized carbons (Fsp3) is 0.385. The fourth-order valence-corrected chi connectivity index (χ4v) is 3.83. The van der Waals surface area contributed by atoms with Crippen molar-refractivity contribution in [3.05, 3.63) is 21.7 Å². The molecule has 3 N–H and O–H groups in total. The third kappa shape index (κ3) is 2.36. The molecule has 0 spiro atoms. The van der Waals surface area contributed by atoms with Crippen LogP contribution in [0.4, 0.5) is 10.8 Å². The van der Waals surface area contributed by atoms with E-state index in [-0.39, 0.29) is 11.5 Å². The van der Waals surface area contributed by atoms with E-state index >= 15 is 0 Å². The van der Waals surface area contributed by atoms with E-state index in [9.17, 15) is 10.1 Å². The first-order valence-electron chi connectivity index (χ1n) is 6.54. The second kappa shape index (κ2) is 5.18. The number of hydrogen-bond acceptors (Lipinski definition) is 7. The minimum atomic E-state index is -0.517. The predicted octanol–water partition coefficient (Wildman–Crippen LogP) is 1.96. The number of nitrogens with two attached hydrogens (primary N) is 1. The predicted molar refractivity (Wildman–Crippen MR) is 76.9 cm³/mol. The largest absolute Gasteiger partial charge is 0.379 e. The molecule has 1 atom stereocenters. The van der Waals surface area contributed by atoms with Crippen LogP contribution in [-0.2, 0) is 12.8 Å². The van der Waals surface area contributed by atoms with Crippen molar-refractivity contribution in [2.45, 2.75) is 26.2 Å². The van der Waals surface area contributed by atoms with Gasteiger partial charge in [0.25, 0.3) is 5.91 Å². The van der Waals surface area contributed by atoms with E-state index in [1.165, 1.54) is 16.2 Å². The van der Waals surface area contributed by atoms with Crippen molar-refractivity contribution in [2.75, 3.05) is 11.1 Å². The highest BCUT2D eigenvalue weighted by atomic mass is 32.1. The van der Waals surface area contributed by atoms with Gasteiger partial charge in [-0.2, -0.15) is 5.26 Å². The van der Waals surface area contributed by atoms with E-state index in [4.69, 9.17) is 5.73 Å². The smallest absolute Gasteiger partial charge is 0.282 e. The van der Waals surface area contributed by atoms with E-state index in [0.29, 0.717) is 16.5 Å². The number of carbonyl (C=O) groups is 1. The highest BCUT2D eigenvalue weighted by molar-refractivity contribution is 7.16. The SMILES string of the molecule is CC1CCc2c(sc(NC(=O)c3nonc3N)c2C#N)C1. The zero-order valence-corrected chi connectivity index (χ0v) is 12.2. The maximum atomic E-state index is 12.1. The third-order valence-electron chi connectivity index (χ3n) is 3.58. The Bertz CT molecular complexity index is 742. The first-order chi connectivity index (χ1) is 10.1. The third-order valence-corrected chi connectivity index (χ3v) is 4.75. The van der Waals surface area contributed by atoms with Gasteiger partial charge in [0.1, 0.15) is 11.1 Å². The molecule has 1 aliphatic rings. The molecule has 2 aromatic rings. The molecule has 1 unspecified atom stereocenters. The standard InChI is InChI=1S/C13H13N5O2S/c1-6-2-3-7-8(5-14)13(21-9(7)4-6)16-12(19)10-11(15)18-20-17-10/h6H,2-4H2,1H3,(H2,15,18)(H,16,19). The molecule has 2 aromatic heterocycles. The Hall–Kier alpha value is -2.40. The van der Waals surface area contributed by atoms with Gasteiger partial charge in [-0.15, -0.1) is 11.3 Å². The number of fused-ring (bicyclic) bond motifs is 1. The van der Waals surface area contributed by atoms with E-state index in [1.807, 2.05) is 0 Å². The lowest BCUT2D eigenvalue weighted by atomic mass is 9.89. The number of thiophene rings is 1. The Labute approximate surface area is 124 Å². The zero-order valence-electron chi connectivity index (χ0n) is 11.3. The monoisotopic (exact) mass is 303 g/mol. The van der Waals surface area contributed by atoms with Crippen molar-refractivity contribution in [3.8, 4) is 6.07 Å². The van der Waals surface area contributed by atoms with Crippen LogP contribution in [0.3, 0.4) is 0 Å². The normalized spacial score (nSPS) is 17.0. The summed E-state index contributed by atoms with van der Waals surface area (Å²) in [5.74, 6) is 0.0134. The number of anilines is 2. The van der Waals surface area contributed by atoms with Crippen LogP contribution in [0.25, 0.3) is 0 Å². The molecule has 0 aromatic carbocycles. The summed E-state index contributed by atoms with van der Waals surface area (Å²) in [7, 11) is 0. The molecule has 2 heterocycles. The molecule has 7 nitrogen and oxygen atoms in total. The van der Waals surface area contributed by atoms with Gasteiger partial charge >= 0.3 is 0 Å². The van der Waals surface area contributed by atoms with E-state index in [1.54, 1.807) is 0 Å². The number of nitrogens with zero attached hydrogens (tertiary/aromatic N) is 3. The van der Waals surface area contributed by atoms with E-state index < -0.39 is 5.91 Å². The average Bonchev–Trinajstić information content (AvgIpc) is 3.01. The summed E-state index contributed by atoms with van der Waals surface area (Å²) in [5, 5.41) is 19.4. The molecule has 1 amide bonds. The summed E-state index contributed by atoms with van der Waals surface area (Å²) < 4.78 is 4.41. The molecule has 0 saturated heterocycles. The number of nitrogen functional groups attached to an aromatic ring is 1. The number of rotatable bonds is 2. The van der Waals surface area contributed by atoms with Crippen molar-refractivity contribution < 1.29 is 9.42 Å². The molecule has 0 aliphatic heterocycles. The highest BCUT2D eigenvalue weighted by Gasteiger charge is 2.26. The van der Waals surface area contributed by atoms with Crippen molar-refractivity contribution in [1.82, 2.24) is 10.3 Å². The highest BCUT2D eigenvalue weighted by Crippen LogP contribution is 2.39. The lowest BCUT2D eigenvalue weighted by Crippen LogP contribution is -2.14. The summed E-state index contributed by atoms with van der Waals surface area (Å²) in [5.41, 5.74) is 7.02. The topological polar surface area (TPSA) is 118 Å². The van der Waals surface area contributed by atoms with Crippen LogP contribution in [-0.4, -0.2) is 16.2 Å². The molecular weight excluding hydrogens is 290 g/mol. The number of amides is 1. The number of nitriles is 1. The molecule has 0 saturated carbocycles. The quantitative estimate of drug-likeness (QED) is 0.875. The molecule has 0 radical (unpaired) electrons. The molecular formula is C13H13N5O2S. The summed E-state index contributed by atoms with van der Waals surface area (Å²) >= 11 is 1.45. The Morgan fingerprint density at radius 2 is 2.38 bits per heavy atom. The van der Waals surface area contributed by atoms with Gasteiger partial charge in [0.05, 0.1) is 5.56 Å². The van der Waals surface area contributed by atoms with Gasteiger partial charge in [-0.05, 0) is 41.1 Å². The number of carbonyl (C=O) groups excluding carboxylic acids is 1. The maximum absolute atomic E-state index is 12.1. The molecule has 108 valence electrons. The second-order valence-electron chi connectivity index (χ2n) is 5.12. The van der Waals surface area contributed by atoms with Gasteiger partial charge in [-0.25, -0.2) is 4.63 Å². The van der Waals surface area contributed by atoms with Crippen molar-refractivity contribution in [1.29, 1.82) is 5.26 Å². The van der Waals surface area contributed by atoms with Crippen molar-refractivity contribution >= 4 is 28.1 Å². The molecule has 0 bridgehead atoms. The molecule has 3 rings (SSSR count). The number of aromatic nitrogens is 2. The average molecular weight is 303 g/mol. The lowest BCUT2D eigenvalue weighted by Gasteiger charge is -2.17. The van der Waals surface area contributed by atoms with E-state index in [2.05, 4.69) is 33.3 Å². The Morgan fingerprint density at radius 3 is 3.05 bits per heavy atom. The summed E-state index contributed by atoms with van der Waals surface area (Å²) in [6.45, 7) is 2.19. The van der Waals surface area contributed by atoms with Gasteiger partial charge in [-0.3, -0.25) is 4.79 Å². The minimum absolute atomic E-state index is 0.0686. The van der Waals surface area contributed by atoms with Crippen molar-refractivity contribution in [2.24, 2.45) is 5.92 Å². The minimum Gasteiger partial charge on any atom is -0.379 e. The van der Waals surface area contributed by atoms with Crippen LogP contribution in [0.15, 0.2) is 4.63 Å². The number of hydrogen-bond donors (Lipinski definition) is 2. The van der Waals surface area contributed by atoms with Crippen LogP contribution in [0.2, 0.25) is 0 Å². The first-order valence-corrected chi connectivity index (χ1v) is 7.35. The Balaban J connectivity index is 1.91. The van der Waals surface area contributed by atoms with Gasteiger partial charge < -0.3 is 11.1 Å². The van der Waals surface area contributed by atoms with Crippen LogP contribution in [0.1, 0.15) is 39.8 Å². The van der Waals surface area contributed by atoms with Crippen LogP contribution in [0, 0.1) is 17.2 Å². The summed E-state index contributed by atoms with van der Waals surface area (Å²) in [6, 6.07) is 2.19. The fourth-order valence-electron chi connectivity index (χ4n) is 2.47. The van der Waals surface area contributed by atoms with E-state index in [0.717, 1.165) is 24.8 Å². The van der Waals surface area contributed by atoms with Crippen LogP contribution < -0.4 is 11.1 Å². The summed E-state index contributed by atoms with van der Waals surface area (Å²) in [6.07, 6.45) is 2.88. The Kier molecular flexibility index (Phi) is 3.35. The molecule has 1 aliphatic carbocycles. The van der Waals surface area contributed by atoms with Crippen LogP contribution in [0.5, 0.6) is 0 Å². The second-order valence-corrected chi connectivity index (χ2v) is 6.23. The Morgan fingerprint density at radius 1 is 1.57 bits per heavy atom. The molecule has 8 heteroatoms. The molecule has 21 heavy (non-hydrogen) atoms. The summed E-state index contributed by atoms with van der Waals surface area (Å²) in [4.78, 5) is 13.3. The van der Waals surface area contributed by atoms with Crippen LogP contribution >= 0.6 is 11.3 Å². The number of nitrogens with one attached hydrogen (secondary N) is 1. The maximum Gasteiger partial charge on any atom is 0.282 e. The van der Waals surface area contributed by atoms with Gasteiger partial charge in [-0.1, -0.05) is 6.92 Å². The van der Waals surface area contributed by atoms with Gasteiger partial charge in [0.15, 0.2) is 0 Å².